The molecule has 0 amide bonds. The maximum absolute atomic E-state index is 9.88. The van der Waals surface area contributed by atoms with Crippen LogP contribution < -0.4 is 10.6 Å². The largest absolute Gasteiger partial charge is 0.389 e. The first-order valence-corrected chi connectivity index (χ1v) is 6.72. The quantitative estimate of drug-likeness (QED) is 0.781. The third kappa shape index (κ3) is 4.67. The lowest BCUT2D eigenvalue weighted by molar-refractivity contribution is 0.0584. The minimum atomic E-state index is -0.730. The minimum absolute atomic E-state index is 0.323. The summed E-state index contributed by atoms with van der Waals surface area (Å²) in [5.74, 6) is 0. The van der Waals surface area contributed by atoms with Gasteiger partial charge >= 0.3 is 0 Å². The van der Waals surface area contributed by atoms with Gasteiger partial charge in [-0.1, -0.05) is 12.1 Å². The van der Waals surface area contributed by atoms with Gasteiger partial charge in [0.05, 0.1) is 5.60 Å². The van der Waals surface area contributed by atoms with Crippen molar-refractivity contribution in [2.75, 3.05) is 24.5 Å². The first-order valence-electron chi connectivity index (χ1n) is 6.72. The van der Waals surface area contributed by atoms with Crippen molar-refractivity contribution in [1.29, 1.82) is 0 Å². The number of hydrogen-bond acceptors (Lipinski definition) is 3. The Labute approximate surface area is 111 Å². The average Bonchev–Trinajstić information content (AvgIpc) is 2.34. The van der Waals surface area contributed by atoms with Crippen LogP contribution >= 0.6 is 0 Å². The van der Waals surface area contributed by atoms with Crippen molar-refractivity contribution in [3.63, 3.8) is 0 Å². The van der Waals surface area contributed by atoms with E-state index in [1.54, 1.807) is 6.92 Å². The molecule has 0 fully saturated rings. The Bertz CT molecular complexity index is 363. The fraction of sp³-hybridized carbons (Fsp3) is 0.600. The van der Waals surface area contributed by atoms with E-state index in [0.717, 1.165) is 25.9 Å². The second kappa shape index (κ2) is 6.76. The van der Waals surface area contributed by atoms with Crippen LogP contribution in [0.15, 0.2) is 24.3 Å². The highest BCUT2D eigenvalue weighted by Crippen LogP contribution is 2.18. The van der Waals surface area contributed by atoms with Crippen LogP contribution in [-0.4, -0.2) is 30.3 Å². The van der Waals surface area contributed by atoms with Gasteiger partial charge in [0.1, 0.15) is 0 Å². The molecule has 0 aliphatic carbocycles. The summed E-state index contributed by atoms with van der Waals surface area (Å²) in [4.78, 5) is 2.33. The molecule has 1 rings (SSSR count). The SMILES string of the molecule is CCN(CCCC(C)(O)CN)c1cccc(C)c1. The highest BCUT2D eigenvalue weighted by Gasteiger charge is 2.17. The van der Waals surface area contributed by atoms with E-state index in [-0.39, 0.29) is 0 Å². The number of aryl methyl sites for hydroxylation is 1. The van der Waals surface area contributed by atoms with E-state index in [4.69, 9.17) is 5.73 Å². The smallest absolute Gasteiger partial charge is 0.0742 e. The zero-order valence-corrected chi connectivity index (χ0v) is 11.8. The van der Waals surface area contributed by atoms with Gasteiger partial charge in [0.25, 0.3) is 0 Å². The van der Waals surface area contributed by atoms with Crippen LogP contribution in [0.25, 0.3) is 0 Å². The molecule has 0 aliphatic rings. The molecule has 1 aromatic rings. The van der Waals surface area contributed by atoms with Gasteiger partial charge in [-0.3, -0.25) is 0 Å². The van der Waals surface area contributed by atoms with E-state index in [1.807, 2.05) is 0 Å². The Hall–Kier alpha value is -1.06. The molecule has 102 valence electrons. The number of aliphatic hydroxyl groups is 1. The molecule has 1 unspecified atom stereocenters. The third-order valence-electron chi connectivity index (χ3n) is 3.33. The Morgan fingerprint density at radius 2 is 2.11 bits per heavy atom. The maximum Gasteiger partial charge on any atom is 0.0742 e. The number of hydrogen-bond donors (Lipinski definition) is 2. The lowest BCUT2D eigenvalue weighted by Crippen LogP contribution is -2.35. The lowest BCUT2D eigenvalue weighted by Gasteiger charge is -2.26. The Kier molecular flexibility index (Phi) is 5.63. The van der Waals surface area contributed by atoms with Gasteiger partial charge < -0.3 is 15.7 Å². The first kappa shape index (κ1) is 15.0. The standard InChI is InChI=1S/C15H26N2O/c1-4-17(10-6-9-15(3,18)12-16)14-8-5-7-13(2)11-14/h5,7-8,11,18H,4,6,9-10,12,16H2,1-3H3. The molecule has 0 spiro atoms. The normalized spacial score (nSPS) is 14.3. The predicted molar refractivity (Wildman–Crippen MR) is 78.0 cm³/mol. The van der Waals surface area contributed by atoms with Gasteiger partial charge in [-0.25, -0.2) is 0 Å². The molecular formula is C15H26N2O. The van der Waals surface area contributed by atoms with E-state index in [9.17, 15) is 5.11 Å². The summed E-state index contributed by atoms with van der Waals surface area (Å²) in [5.41, 5.74) is 7.33. The molecular weight excluding hydrogens is 224 g/mol. The summed E-state index contributed by atoms with van der Waals surface area (Å²) in [6.07, 6.45) is 1.69. The van der Waals surface area contributed by atoms with Crippen molar-refractivity contribution in [2.24, 2.45) is 5.73 Å². The van der Waals surface area contributed by atoms with Crippen molar-refractivity contribution in [2.45, 2.75) is 39.2 Å². The Balaban J connectivity index is 2.53. The van der Waals surface area contributed by atoms with Gasteiger partial charge in [0.15, 0.2) is 0 Å². The molecule has 3 nitrogen and oxygen atoms in total. The van der Waals surface area contributed by atoms with E-state index < -0.39 is 5.60 Å². The molecule has 0 bridgehead atoms. The molecule has 0 radical (unpaired) electrons. The van der Waals surface area contributed by atoms with Gasteiger partial charge in [-0.15, -0.1) is 0 Å². The van der Waals surface area contributed by atoms with E-state index in [0.29, 0.717) is 6.54 Å². The number of rotatable bonds is 7. The highest BCUT2D eigenvalue weighted by atomic mass is 16.3. The molecule has 3 N–H and O–H groups in total. The van der Waals surface area contributed by atoms with Crippen molar-refractivity contribution in [1.82, 2.24) is 0 Å². The molecule has 0 heterocycles. The predicted octanol–water partition coefficient (Wildman–Crippen LogP) is 2.31. The van der Waals surface area contributed by atoms with Crippen LogP contribution in [-0.2, 0) is 0 Å². The zero-order valence-electron chi connectivity index (χ0n) is 11.8. The maximum atomic E-state index is 9.88. The van der Waals surface area contributed by atoms with Crippen LogP contribution in [0.3, 0.4) is 0 Å². The first-order chi connectivity index (χ1) is 8.48. The zero-order chi connectivity index (χ0) is 13.6. The second-order valence-electron chi connectivity index (χ2n) is 5.22. The summed E-state index contributed by atoms with van der Waals surface area (Å²) in [6.45, 7) is 8.32. The van der Waals surface area contributed by atoms with Crippen molar-refractivity contribution in [3.05, 3.63) is 29.8 Å². The number of nitrogens with two attached hydrogens (primary N) is 1. The number of nitrogens with zero attached hydrogens (tertiary/aromatic N) is 1. The van der Waals surface area contributed by atoms with Crippen LogP contribution in [0, 0.1) is 6.92 Å². The minimum Gasteiger partial charge on any atom is -0.389 e. The summed E-state index contributed by atoms with van der Waals surface area (Å²) in [7, 11) is 0. The lowest BCUT2D eigenvalue weighted by atomic mass is 10.0. The molecule has 0 aliphatic heterocycles. The van der Waals surface area contributed by atoms with Gasteiger partial charge in [-0.05, 0) is 51.3 Å². The van der Waals surface area contributed by atoms with E-state index >= 15 is 0 Å². The summed E-state index contributed by atoms with van der Waals surface area (Å²) >= 11 is 0. The fourth-order valence-electron chi connectivity index (χ4n) is 2.05. The molecule has 1 atom stereocenters. The van der Waals surface area contributed by atoms with Gasteiger partial charge in [0.2, 0.25) is 0 Å². The van der Waals surface area contributed by atoms with Gasteiger partial charge in [0, 0.05) is 25.3 Å². The van der Waals surface area contributed by atoms with Crippen molar-refractivity contribution in [3.8, 4) is 0 Å². The second-order valence-corrected chi connectivity index (χ2v) is 5.22. The highest BCUT2D eigenvalue weighted by molar-refractivity contribution is 5.48. The van der Waals surface area contributed by atoms with Crippen LogP contribution in [0.1, 0.15) is 32.3 Å². The topological polar surface area (TPSA) is 49.5 Å². The summed E-state index contributed by atoms with van der Waals surface area (Å²) in [5, 5.41) is 9.88. The molecule has 0 aromatic heterocycles. The average molecular weight is 250 g/mol. The fourth-order valence-corrected chi connectivity index (χ4v) is 2.05. The van der Waals surface area contributed by atoms with Crippen LogP contribution in [0.2, 0.25) is 0 Å². The Morgan fingerprint density at radius 1 is 1.39 bits per heavy atom. The molecule has 1 aromatic carbocycles. The third-order valence-corrected chi connectivity index (χ3v) is 3.33. The molecule has 0 saturated carbocycles. The Morgan fingerprint density at radius 3 is 2.67 bits per heavy atom. The number of anilines is 1. The van der Waals surface area contributed by atoms with E-state index in [1.165, 1.54) is 11.3 Å². The molecule has 18 heavy (non-hydrogen) atoms. The van der Waals surface area contributed by atoms with E-state index in [2.05, 4.69) is 43.0 Å². The summed E-state index contributed by atoms with van der Waals surface area (Å²) in [6, 6.07) is 8.53. The monoisotopic (exact) mass is 250 g/mol. The van der Waals surface area contributed by atoms with Crippen molar-refractivity contribution >= 4 is 5.69 Å². The summed E-state index contributed by atoms with van der Waals surface area (Å²) < 4.78 is 0. The van der Waals surface area contributed by atoms with Gasteiger partial charge in [-0.2, -0.15) is 0 Å². The van der Waals surface area contributed by atoms with Crippen LogP contribution in [0.4, 0.5) is 5.69 Å². The molecule has 3 heteroatoms. The number of benzene rings is 1. The van der Waals surface area contributed by atoms with Crippen LogP contribution in [0.5, 0.6) is 0 Å². The van der Waals surface area contributed by atoms with Crippen molar-refractivity contribution < 1.29 is 5.11 Å². The molecule has 0 saturated heterocycles.